The second-order valence-corrected chi connectivity index (χ2v) is 9.74. The van der Waals surface area contributed by atoms with Gasteiger partial charge < -0.3 is 14.5 Å². The first kappa shape index (κ1) is 23.9. The number of amides is 1. The van der Waals surface area contributed by atoms with Crippen LogP contribution in [0.3, 0.4) is 0 Å². The number of rotatable bonds is 7. The molecule has 0 aliphatic carbocycles. The molecule has 1 amide bonds. The Bertz CT molecular complexity index is 1090. The molecule has 5 rings (SSSR count). The molecule has 0 atom stereocenters. The second-order valence-electron chi connectivity index (χ2n) is 8.79. The van der Waals surface area contributed by atoms with Gasteiger partial charge >= 0.3 is 0 Å². The van der Waals surface area contributed by atoms with Gasteiger partial charge in [-0.2, -0.15) is 0 Å². The van der Waals surface area contributed by atoms with Crippen molar-refractivity contribution in [3.63, 3.8) is 0 Å². The maximum Gasteiger partial charge on any atom is 0.254 e. The molecule has 2 aliphatic heterocycles. The standard InChI is InChI=1S/C26H31N3O2S.ClH/c1-27-12-9-20-7-8-21(19-23(20)26(27)30)31-17-3-2-11-28-13-15-29(16-14-28)24-5-4-6-25-22(24)10-18-32-25;/h4-8,10,18-19H,2-3,9,11-17H2,1H3;1H. The Balaban J connectivity index is 0.00000259. The number of likely N-dealkylation sites (N-methyl/N-ethyl adjacent to an activating group) is 1. The lowest BCUT2D eigenvalue weighted by Crippen LogP contribution is -2.46. The van der Waals surface area contributed by atoms with Crippen molar-refractivity contribution >= 4 is 45.4 Å². The van der Waals surface area contributed by atoms with Crippen molar-refractivity contribution < 1.29 is 9.53 Å². The first-order valence-corrected chi connectivity index (χ1v) is 12.5. The smallest absolute Gasteiger partial charge is 0.254 e. The highest BCUT2D eigenvalue weighted by Gasteiger charge is 2.22. The monoisotopic (exact) mass is 485 g/mol. The molecular formula is C26H32ClN3O2S. The van der Waals surface area contributed by atoms with Crippen LogP contribution in [0, 0.1) is 0 Å². The van der Waals surface area contributed by atoms with Crippen molar-refractivity contribution in [1.82, 2.24) is 9.80 Å². The molecule has 0 radical (unpaired) electrons. The lowest BCUT2D eigenvalue weighted by atomic mass is 9.99. The quantitative estimate of drug-likeness (QED) is 0.444. The van der Waals surface area contributed by atoms with Crippen LogP contribution in [-0.4, -0.2) is 68.6 Å². The summed E-state index contributed by atoms with van der Waals surface area (Å²) in [6.07, 6.45) is 3.08. The van der Waals surface area contributed by atoms with Gasteiger partial charge in [-0.1, -0.05) is 12.1 Å². The molecule has 2 aromatic carbocycles. The average Bonchev–Trinajstić information content (AvgIpc) is 3.31. The topological polar surface area (TPSA) is 36.0 Å². The van der Waals surface area contributed by atoms with Crippen molar-refractivity contribution in [3.05, 3.63) is 59.0 Å². The van der Waals surface area contributed by atoms with Crippen LogP contribution >= 0.6 is 23.7 Å². The van der Waals surface area contributed by atoms with E-state index in [0.717, 1.165) is 75.4 Å². The SMILES string of the molecule is CN1CCc2ccc(OCCCCN3CCN(c4cccc5sccc45)CC3)cc2C1=O.Cl. The van der Waals surface area contributed by atoms with E-state index in [2.05, 4.69) is 39.4 Å². The molecule has 1 saturated heterocycles. The molecule has 33 heavy (non-hydrogen) atoms. The summed E-state index contributed by atoms with van der Waals surface area (Å²) in [5.41, 5.74) is 3.31. The van der Waals surface area contributed by atoms with Crippen molar-refractivity contribution in [1.29, 1.82) is 0 Å². The third kappa shape index (κ3) is 5.29. The number of piperazine rings is 1. The molecule has 1 aromatic heterocycles. The van der Waals surface area contributed by atoms with Crippen molar-refractivity contribution in [2.45, 2.75) is 19.3 Å². The number of hydrogen-bond donors (Lipinski definition) is 0. The molecule has 0 bridgehead atoms. The number of hydrogen-bond acceptors (Lipinski definition) is 5. The Kier molecular flexibility index (Phi) is 7.78. The summed E-state index contributed by atoms with van der Waals surface area (Å²) in [6, 6.07) is 14.9. The second kappa shape index (κ2) is 10.8. The van der Waals surface area contributed by atoms with Crippen LogP contribution in [0.2, 0.25) is 0 Å². The molecule has 2 aliphatic rings. The Morgan fingerprint density at radius 2 is 1.85 bits per heavy atom. The molecule has 0 N–H and O–H groups in total. The molecule has 0 saturated carbocycles. The van der Waals surface area contributed by atoms with Gasteiger partial charge in [0.25, 0.3) is 5.91 Å². The van der Waals surface area contributed by atoms with E-state index >= 15 is 0 Å². The van der Waals surface area contributed by atoms with Gasteiger partial charge in [-0.3, -0.25) is 9.69 Å². The zero-order valence-electron chi connectivity index (χ0n) is 19.2. The number of nitrogens with zero attached hydrogens (tertiary/aromatic N) is 3. The van der Waals surface area contributed by atoms with Crippen LogP contribution in [0.5, 0.6) is 5.75 Å². The first-order chi connectivity index (χ1) is 15.7. The van der Waals surface area contributed by atoms with Gasteiger partial charge in [-0.05, 0) is 67.1 Å². The van der Waals surface area contributed by atoms with Crippen LogP contribution in [0.25, 0.3) is 10.1 Å². The van der Waals surface area contributed by atoms with Gasteiger partial charge in [0.05, 0.1) is 6.61 Å². The highest BCUT2D eigenvalue weighted by Crippen LogP contribution is 2.31. The minimum Gasteiger partial charge on any atom is -0.494 e. The number of anilines is 1. The van der Waals surface area contributed by atoms with E-state index in [1.165, 1.54) is 15.8 Å². The summed E-state index contributed by atoms with van der Waals surface area (Å²) in [6.45, 7) is 7.01. The van der Waals surface area contributed by atoms with Crippen LogP contribution in [0.4, 0.5) is 5.69 Å². The van der Waals surface area contributed by atoms with Crippen molar-refractivity contribution in [2.75, 3.05) is 57.8 Å². The first-order valence-electron chi connectivity index (χ1n) is 11.6. The maximum atomic E-state index is 12.3. The molecule has 176 valence electrons. The molecule has 3 heterocycles. The van der Waals surface area contributed by atoms with E-state index in [1.807, 2.05) is 36.6 Å². The normalized spacial score (nSPS) is 16.6. The highest BCUT2D eigenvalue weighted by molar-refractivity contribution is 7.17. The predicted octanol–water partition coefficient (Wildman–Crippen LogP) is 4.93. The van der Waals surface area contributed by atoms with E-state index in [-0.39, 0.29) is 18.3 Å². The van der Waals surface area contributed by atoms with Gasteiger partial charge in [0.2, 0.25) is 0 Å². The third-order valence-electron chi connectivity index (χ3n) is 6.70. The highest BCUT2D eigenvalue weighted by atomic mass is 35.5. The number of ether oxygens (including phenoxy) is 1. The fourth-order valence-corrected chi connectivity index (χ4v) is 5.56. The molecule has 0 unspecified atom stereocenters. The van der Waals surface area contributed by atoms with Gasteiger partial charge in [0.1, 0.15) is 5.75 Å². The van der Waals surface area contributed by atoms with E-state index in [9.17, 15) is 4.79 Å². The average molecular weight is 486 g/mol. The Labute approximate surface area is 206 Å². The van der Waals surface area contributed by atoms with E-state index < -0.39 is 0 Å². The minimum atomic E-state index is 0. The van der Waals surface area contributed by atoms with Crippen LogP contribution in [0.1, 0.15) is 28.8 Å². The molecular weight excluding hydrogens is 454 g/mol. The summed E-state index contributed by atoms with van der Waals surface area (Å²) >= 11 is 1.82. The summed E-state index contributed by atoms with van der Waals surface area (Å²) in [5.74, 6) is 0.912. The Morgan fingerprint density at radius 3 is 2.70 bits per heavy atom. The third-order valence-corrected chi connectivity index (χ3v) is 7.58. The Morgan fingerprint density at radius 1 is 1.00 bits per heavy atom. The van der Waals surface area contributed by atoms with E-state index in [1.54, 1.807) is 4.90 Å². The molecule has 3 aromatic rings. The zero-order chi connectivity index (χ0) is 21.9. The van der Waals surface area contributed by atoms with Gasteiger partial charge in [0.15, 0.2) is 0 Å². The summed E-state index contributed by atoms with van der Waals surface area (Å²) in [7, 11) is 1.86. The number of benzene rings is 2. The molecule has 0 spiro atoms. The number of unbranched alkanes of at least 4 members (excludes halogenated alkanes) is 1. The minimum absolute atomic E-state index is 0. The number of carbonyl (C=O) groups excluding carboxylic acids is 1. The largest absolute Gasteiger partial charge is 0.494 e. The van der Waals surface area contributed by atoms with Gasteiger partial charge in [-0.15, -0.1) is 23.7 Å². The van der Waals surface area contributed by atoms with Gasteiger partial charge in [0, 0.05) is 61.1 Å². The predicted molar refractivity (Wildman–Crippen MR) is 140 cm³/mol. The molecule has 5 nitrogen and oxygen atoms in total. The molecule has 1 fully saturated rings. The summed E-state index contributed by atoms with van der Waals surface area (Å²) in [5, 5.41) is 3.58. The maximum absolute atomic E-state index is 12.3. The number of halogens is 1. The summed E-state index contributed by atoms with van der Waals surface area (Å²) < 4.78 is 7.33. The fourth-order valence-electron chi connectivity index (χ4n) is 4.75. The summed E-state index contributed by atoms with van der Waals surface area (Å²) in [4.78, 5) is 19.2. The van der Waals surface area contributed by atoms with Crippen LogP contribution in [-0.2, 0) is 6.42 Å². The van der Waals surface area contributed by atoms with Crippen molar-refractivity contribution in [3.8, 4) is 5.75 Å². The van der Waals surface area contributed by atoms with Crippen molar-refractivity contribution in [2.24, 2.45) is 0 Å². The van der Waals surface area contributed by atoms with Gasteiger partial charge in [-0.25, -0.2) is 0 Å². The van der Waals surface area contributed by atoms with E-state index in [4.69, 9.17) is 4.74 Å². The molecule has 7 heteroatoms. The number of carbonyl (C=O) groups is 1. The van der Waals surface area contributed by atoms with E-state index in [0.29, 0.717) is 6.61 Å². The lowest BCUT2D eigenvalue weighted by Gasteiger charge is -2.36. The lowest BCUT2D eigenvalue weighted by molar-refractivity contribution is 0.0780. The Hall–Kier alpha value is -2.28. The van der Waals surface area contributed by atoms with Crippen LogP contribution in [0.15, 0.2) is 47.8 Å². The van der Waals surface area contributed by atoms with Crippen LogP contribution < -0.4 is 9.64 Å². The fraction of sp³-hybridized carbons (Fsp3) is 0.423. The number of thiophene rings is 1. The zero-order valence-corrected chi connectivity index (χ0v) is 20.8. The number of fused-ring (bicyclic) bond motifs is 2.